The minimum atomic E-state index is -3.31. The molecule has 0 aromatic heterocycles. The van der Waals surface area contributed by atoms with Crippen molar-refractivity contribution in [2.45, 2.75) is 102 Å². The quantitative estimate of drug-likeness (QED) is 0.0970. The highest BCUT2D eigenvalue weighted by Crippen LogP contribution is 2.45. The van der Waals surface area contributed by atoms with Crippen LogP contribution in [0.25, 0.3) is 0 Å². The Morgan fingerprint density at radius 2 is 1.10 bits per heavy atom. The molecule has 10 heteroatoms. The Balaban J connectivity index is 2.04. The molecule has 0 aromatic carbocycles. The van der Waals surface area contributed by atoms with E-state index in [0.717, 1.165) is 37.9 Å². The highest BCUT2D eigenvalue weighted by atomic mass is 16.7. The van der Waals surface area contributed by atoms with E-state index in [1.54, 1.807) is 0 Å². The Hall–Kier alpha value is -2.13. The third-order valence-corrected chi connectivity index (χ3v) is 5.93. The molecule has 2 unspecified atom stereocenters. The number of nitro groups is 3. The normalized spacial score (nSPS) is 18.3. The van der Waals surface area contributed by atoms with E-state index in [2.05, 4.69) is 0 Å². The minimum absolute atomic E-state index is 0.104. The van der Waals surface area contributed by atoms with Gasteiger partial charge in [0.1, 0.15) is 6.29 Å². The molecule has 1 fully saturated rings. The first-order valence-electron chi connectivity index (χ1n) is 10.7. The van der Waals surface area contributed by atoms with Crippen molar-refractivity contribution in [1.29, 1.82) is 0 Å². The van der Waals surface area contributed by atoms with Gasteiger partial charge in [0, 0.05) is 6.42 Å². The van der Waals surface area contributed by atoms with E-state index in [1.807, 2.05) is 0 Å². The third kappa shape index (κ3) is 8.41. The average molecular weight is 415 g/mol. The van der Waals surface area contributed by atoms with E-state index >= 15 is 0 Å². The fraction of sp³-hybridized carbons (Fsp3) is 0.947. The molecule has 2 atom stereocenters. The highest BCUT2D eigenvalue weighted by molar-refractivity contribution is 5.48. The zero-order valence-electron chi connectivity index (χ0n) is 17.0. The van der Waals surface area contributed by atoms with Gasteiger partial charge in [0.05, 0.1) is 0 Å². The van der Waals surface area contributed by atoms with Crippen molar-refractivity contribution >= 4 is 6.29 Å². The number of carbonyl (C=O) groups excluding carboxylic acids is 1. The van der Waals surface area contributed by atoms with Crippen LogP contribution in [-0.4, -0.2) is 26.8 Å². The minimum Gasteiger partial charge on any atom is -0.303 e. The second-order valence-electron chi connectivity index (χ2n) is 8.12. The lowest BCUT2D eigenvalue weighted by molar-refractivity contribution is -0.970. The zero-order valence-corrected chi connectivity index (χ0v) is 17.0. The topological polar surface area (TPSA) is 146 Å². The van der Waals surface area contributed by atoms with Crippen molar-refractivity contribution in [3.63, 3.8) is 0 Å². The van der Waals surface area contributed by atoms with E-state index in [1.165, 1.54) is 44.9 Å². The molecule has 0 radical (unpaired) electrons. The van der Waals surface area contributed by atoms with Crippen molar-refractivity contribution in [1.82, 2.24) is 0 Å². The van der Waals surface area contributed by atoms with Crippen LogP contribution in [0.4, 0.5) is 0 Å². The third-order valence-electron chi connectivity index (χ3n) is 5.93. The molecule has 0 saturated heterocycles. The summed E-state index contributed by atoms with van der Waals surface area (Å²) in [6.45, 7) is 0. The number of rotatable bonds is 19. The van der Waals surface area contributed by atoms with Gasteiger partial charge in [0.2, 0.25) is 0 Å². The molecule has 10 nitrogen and oxygen atoms in total. The van der Waals surface area contributed by atoms with Crippen LogP contribution in [0.1, 0.15) is 96.3 Å². The molecule has 166 valence electrons. The molecular formula is C19H33N3O7. The summed E-state index contributed by atoms with van der Waals surface area (Å²) in [5, 5.41) is 32.6. The number of aldehydes is 1. The largest absolute Gasteiger partial charge is 0.699 e. The van der Waals surface area contributed by atoms with Crippen LogP contribution in [0.2, 0.25) is 0 Å². The van der Waals surface area contributed by atoms with Crippen LogP contribution in [0, 0.1) is 42.2 Å². The first-order chi connectivity index (χ1) is 13.9. The van der Waals surface area contributed by atoms with Crippen LogP contribution in [0.3, 0.4) is 0 Å². The fourth-order valence-electron chi connectivity index (χ4n) is 3.95. The molecular weight excluding hydrogens is 382 g/mol. The predicted molar refractivity (Wildman–Crippen MR) is 106 cm³/mol. The van der Waals surface area contributed by atoms with E-state index in [4.69, 9.17) is 0 Å². The lowest BCUT2D eigenvalue weighted by Gasteiger charge is -2.08. The van der Waals surface area contributed by atoms with E-state index < -0.39 is 27.0 Å². The van der Waals surface area contributed by atoms with Gasteiger partial charge in [-0.25, -0.2) is 0 Å². The summed E-state index contributed by atoms with van der Waals surface area (Å²) in [5.74, 6) is -1.89. The first kappa shape index (κ1) is 24.9. The Labute approximate surface area is 170 Å². The number of nitrogens with zero attached hydrogens (tertiary/aromatic N) is 3. The van der Waals surface area contributed by atoms with Gasteiger partial charge >= 0.3 is 5.79 Å². The Morgan fingerprint density at radius 1 is 0.690 bits per heavy atom. The molecule has 0 N–H and O–H groups in total. The molecule has 0 spiro atoms. The SMILES string of the molecule is O=CCCCCCCCCCC1CC1CCCCCC([N+](=O)[O-])([N+](=O)[O-])[N+](=O)[O-]. The zero-order chi connectivity index (χ0) is 21.7. The molecule has 0 bridgehead atoms. The van der Waals surface area contributed by atoms with E-state index in [-0.39, 0.29) is 6.42 Å². The van der Waals surface area contributed by atoms with Gasteiger partial charge in [-0.2, -0.15) is 0 Å². The Kier molecular flexibility index (Phi) is 11.3. The van der Waals surface area contributed by atoms with Gasteiger partial charge in [-0.3, -0.25) is 30.3 Å². The molecule has 0 aliphatic heterocycles. The monoisotopic (exact) mass is 415 g/mol. The van der Waals surface area contributed by atoms with Crippen LogP contribution in [0.5, 0.6) is 0 Å². The van der Waals surface area contributed by atoms with Crippen molar-refractivity contribution in [2.75, 3.05) is 0 Å². The number of carbonyl (C=O) groups is 1. The van der Waals surface area contributed by atoms with Crippen LogP contribution < -0.4 is 0 Å². The predicted octanol–water partition coefficient (Wildman–Crippen LogP) is 4.77. The molecule has 0 amide bonds. The summed E-state index contributed by atoms with van der Waals surface area (Å²) < 4.78 is 0. The van der Waals surface area contributed by atoms with Gasteiger partial charge in [-0.1, -0.05) is 64.2 Å². The average Bonchev–Trinajstić information content (AvgIpc) is 3.40. The fourth-order valence-corrected chi connectivity index (χ4v) is 3.95. The Bertz CT molecular complexity index is 520. The molecule has 1 aliphatic rings. The van der Waals surface area contributed by atoms with Gasteiger partial charge in [-0.15, -0.1) is 0 Å². The van der Waals surface area contributed by atoms with Crippen LogP contribution in [0.15, 0.2) is 0 Å². The van der Waals surface area contributed by atoms with E-state index in [0.29, 0.717) is 18.8 Å². The standard InChI is InChI=1S/C19H33N3O7/c23-15-11-6-4-2-1-3-5-8-12-17-16-18(17)13-9-7-10-14-19(20(24)25,21(26)27)22(28)29/h15,17-18H,1-14,16H2. The molecule has 29 heavy (non-hydrogen) atoms. The molecule has 0 heterocycles. The second-order valence-corrected chi connectivity index (χ2v) is 8.12. The maximum atomic E-state index is 10.9. The maximum absolute atomic E-state index is 10.9. The summed E-state index contributed by atoms with van der Waals surface area (Å²) in [6, 6.07) is 0. The van der Waals surface area contributed by atoms with Crippen molar-refractivity contribution in [3.05, 3.63) is 30.3 Å². The second kappa shape index (κ2) is 13.2. The van der Waals surface area contributed by atoms with Crippen molar-refractivity contribution in [3.8, 4) is 0 Å². The summed E-state index contributed by atoms with van der Waals surface area (Å²) in [4.78, 5) is 38.6. The number of hydrogen-bond donors (Lipinski definition) is 0. The van der Waals surface area contributed by atoms with Crippen LogP contribution >= 0.6 is 0 Å². The highest BCUT2D eigenvalue weighted by Gasteiger charge is 2.69. The molecule has 0 aromatic rings. The summed E-state index contributed by atoms with van der Waals surface area (Å²) in [6.07, 6.45) is 14.1. The van der Waals surface area contributed by atoms with Gasteiger partial charge in [0.15, 0.2) is 21.2 Å². The molecule has 1 rings (SSSR count). The first-order valence-corrected chi connectivity index (χ1v) is 10.7. The Morgan fingerprint density at radius 3 is 1.55 bits per heavy atom. The van der Waals surface area contributed by atoms with Crippen LogP contribution in [-0.2, 0) is 4.79 Å². The van der Waals surface area contributed by atoms with E-state index in [9.17, 15) is 35.1 Å². The number of unbranched alkanes of at least 4 members (excludes halogenated alkanes) is 9. The van der Waals surface area contributed by atoms with Crippen molar-refractivity contribution in [2.24, 2.45) is 11.8 Å². The lowest BCUT2D eigenvalue weighted by atomic mass is 10.0. The molecule has 1 aliphatic carbocycles. The van der Waals surface area contributed by atoms with Crippen molar-refractivity contribution < 1.29 is 19.6 Å². The molecule has 1 saturated carbocycles. The van der Waals surface area contributed by atoms with Gasteiger partial charge in [-0.05, 0) is 31.1 Å². The van der Waals surface area contributed by atoms with Gasteiger partial charge < -0.3 is 4.79 Å². The van der Waals surface area contributed by atoms with Gasteiger partial charge in [0.25, 0.3) is 0 Å². The smallest absolute Gasteiger partial charge is 0.303 e. The summed E-state index contributed by atoms with van der Waals surface area (Å²) in [5.41, 5.74) is 0. The number of hydrogen-bond acceptors (Lipinski definition) is 7. The lowest BCUT2D eigenvalue weighted by Crippen LogP contribution is -2.53. The summed E-state index contributed by atoms with van der Waals surface area (Å²) in [7, 11) is 0. The maximum Gasteiger partial charge on any atom is 0.699 e. The summed E-state index contributed by atoms with van der Waals surface area (Å²) >= 11 is 0.